The Morgan fingerprint density at radius 3 is 2.26 bits per heavy atom. The fraction of sp³-hybridized carbons (Fsp3) is 0.571. The number of carbonyl (C=O) groups excluding carboxylic acids is 1. The van der Waals surface area contributed by atoms with Gasteiger partial charge in [-0.3, -0.25) is 9.69 Å². The fourth-order valence-electron chi connectivity index (χ4n) is 3.24. The van der Waals surface area contributed by atoms with E-state index in [9.17, 15) is 4.79 Å². The van der Waals surface area contributed by atoms with Gasteiger partial charge in [-0.05, 0) is 51.5 Å². The zero-order valence-electron chi connectivity index (χ0n) is 17.2. The Bertz CT molecular complexity index is 640. The van der Waals surface area contributed by atoms with Crippen molar-refractivity contribution in [1.82, 2.24) is 10.2 Å². The molecule has 1 fully saturated rings. The molecule has 2 unspecified atom stereocenters. The van der Waals surface area contributed by atoms with Crippen molar-refractivity contribution in [1.29, 1.82) is 0 Å². The summed E-state index contributed by atoms with van der Waals surface area (Å²) >= 11 is 0. The zero-order valence-corrected chi connectivity index (χ0v) is 17.2. The molecule has 0 aliphatic carbocycles. The van der Waals surface area contributed by atoms with E-state index < -0.39 is 0 Å². The Kier molecular flexibility index (Phi) is 7.27. The standard InChI is InChI=1S/C21H32N2O4/c1-15-12-23(13-16(2)27-15)21(3,4)14-22-20(24)8-7-17-9-18(25-5)11-19(10-17)26-6/h7-11,15-16H,12-14H2,1-6H3,(H,22,24). The first-order chi connectivity index (χ1) is 12.7. The van der Waals surface area contributed by atoms with Crippen LogP contribution in [0.4, 0.5) is 0 Å². The van der Waals surface area contributed by atoms with Crippen LogP contribution in [-0.4, -0.2) is 62.4 Å². The number of nitrogens with one attached hydrogen (secondary N) is 1. The van der Waals surface area contributed by atoms with Gasteiger partial charge in [0.05, 0.1) is 26.4 Å². The maximum Gasteiger partial charge on any atom is 0.244 e. The number of rotatable bonds is 7. The second kappa shape index (κ2) is 9.24. The molecule has 27 heavy (non-hydrogen) atoms. The summed E-state index contributed by atoms with van der Waals surface area (Å²) in [6, 6.07) is 5.50. The van der Waals surface area contributed by atoms with Crippen LogP contribution in [0.25, 0.3) is 6.08 Å². The highest BCUT2D eigenvalue weighted by atomic mass is 16.5. The summed E-state index contributed by atoms with van der Waals surface area (Å²) in [5.74, 6) is 1.25. The number of methoxy groups -OCH3 is 2. The van der Waals surface area contributed by atoms with E-state index in [2.05, 4.69) is 37.9 Å². The summed E-state index contributed by atoms with van der Waals surface area (Å²) in [7, 11) is 3.20. The number of hydrogen-bond acceptors (Lipinski definition) is 5. The van der Waals surface area contributed by atoms with Gasteiger partial charge in [0.25, 0.3) is 0 Å². The van der Waals surface area contributed by atoms with Crippen LogP contribution in [-0.2, 0) is 9.53 Å². The van der Waals surface area contributed by atoms with Crippen LogP contribution in [0.2, 0.25) is 0 Å². The molecule has 1 aromatic rings. The molecule has 1 heterocycles. The lowest BCUT2D eigenvalue weighted by molar-refractivity contribution is -0.118. The van der Waals surface area contributed by atoms with Crippen LogP contribution in [0.5, 0.6) is 11.5 Å². The van der Waals surface area contributed by atoms with E-state index in [0.29, 0.717) is 18.0 Å². The van der Waals surface area contributed by atoms with E-state index in [1.54, 1.807) is 26.4 Å². The van der Waals surface area contributed by atoms with Crippen LogP contribution in [0.3, 0.4) is 0 Å². The predicted octanol–water partition coefficient (Wildman–Crippen LogP) is 2.72. The van der Waals surface area contributed by atoms with Gasteiger partial charge in [0, 0.05) is 37.3 Å². The molecular weight excluding hydrogens is 344 g/mol. The summed E-state index contributed by atoms with van der Waals surface area (Å²) in [6.07, 6.45) is 3.69. The molecule has 1 aliphatic heterocycles. The Morgan fingerprint density at radius 2 is 1.74 bits per heavy atom. The van der Waals surface area contributed by atoms with Gasteiger partial charge in [0.1, 0.15) is 11.5 Å². The van der Waals surface area contributed by atoms with Crippen molar-refractivity contribution in [2.45, 2.75) is 45.4 Å². The minimum absolute atomic E-state index is 0.126. The van der Waals surface area contributed by atoms with Gasteiger partial charge in [-0.2, -0.15) is 0 Å². The monoisotopic (exact) mass is 376 g/mol. The van der Waals surface area contributed by atoms with Crippen LogP contribution >= 0.6 is 0 Å². The van der Waals surface area contributed by atoms with E-state index in [0.717, 1.165) is 18.7 Å². The lowest BCUT2D eigenvalue weighted by atomic mass is 10.00. The molecule has 0 radical (unpaired) electrons. The van der Waals surface area contributed by atoms with Crippen molar-refractivity contribution in [3.05, 3.63) is 29.8 Å². The zero-order chi connectivity index (χ0) is 20.0. The highest BCUT2D eigenvalue weighted by Gasteiger charge is 2.33. The van der Waals surface area contributed by atoms with E-state index in [1.165, 1.54) is 6.08 Å². The molecule has 0 spiro atoms. The Morgan fingerprint density at radius 1 is 1.19 bits per heavy atom. The lowest BCUT2D eigenvalue weighted by Gasteiger charge is -2.45. The van der Waals surface area contributed by atoms with Gasteiger partial charge < -0.3 is 19.5 Å². The molecule has 0 saturated carbocycles. The van der Waals surface area contributed by atoms with Gasteiger partial charge in [0.2, 0.25) is 5.91 Å². The van der Waals surface area contributed by atoms with Gasteiger partial charge in [-0.1, -0.05) is 0 Å². The molecule has 2 atom stereocenters. The molecule has 0 aromatic heterocycles. The van der Waals surface area contributed by atoms with Crippen molar-refractivity contribution in [2.24, 2.45) is 0 Å². The van der Waals surface area contributed by atoms with Crippen LogP contribution in [0.1, 0.15) is 33.3 Å². The minimum Gasteiger partial charge on any atom is -0.497 e. The Balaban J connectivity index is 1.94. The molecule has 0 bridgehead atoms. The third kappa shape index (κ3) is 6.26. The minimum atomic E-state index is -0.144. The average molecular weight is 376 g/mol. The maximum atomic E-state index is 12.3. The first-order valence-electron chi connectivity index (χ1n) is 9.33. The van der Waals surface area contributed by atoms with Crippen molar-refractivity contribution in [3.8, 4) is 11.5 Å². The molecule has 150 valence electrons. The first-order valence-corrected chi connectivity index (χ1v) is 9.33. The summed E-state index contributed by atoms with van der Waals surface area (Å²) < 4.78 is 16.3. The van der Waals surface area contributed by atoms with Crippen molar-refractivity contribution in [3.63, 3.8) is 0 Å². The van der Waals surface area contributed by atoms with Gasteiger partial charge in [-0.25, -0.2) is 0 Å². The lowest BCUT2D eigenvalue weighted by Crippen LogP contribution is -2.58. The summed E-state index contributed by atoms with van der Waals surface area (Å²) in [4.78, 5) is 14.7. The summed E-state index contributed by atoms with van der Waals surface area (Å²) in [5, 5.41) is 3.01. The van der Waals surface area contributed by atoms with Crippen LogP contribution in [0.15, 0.2) is 24.3 Å². The number of amides is 1. The molecular formula is C21H32N2O4. The van der Waals surface area contributed by atoms with Crippen molar-refractivity contribution < 1.29 is 19.0 Å². The predicted molar refractivity (Wildman–Crippen MR) is 107 cm³/mol. The second-order valence-corrected chi connectivity index (χ2v) is 7.67. The van der Waals surface area contributed by atoms with E-state index in [1.807, 2.05) is 12.1 Å². The first kappa shape index (κ1) is 21.3. The summed E-state index contributed by atoms with van der Waals surface area (Å²) in [5.41, 5.74) is 0.700. The number of nitrogens with zero attached hydrogens (tertiary/aromatic N) is 1. The molecule has 6 heteroatoms. The van der Waals surface area contributed by atoms with Crippen LogP contribution in [0, 0.1) is 0 Å². The highest BCUT2D eigenvalue weighted by Crippen LogP contribution is 2.23. The third-order valence-electron chi connectivity index (χ3n) is 4.77. The van der Waals surface area contributed by atoms with Gasteiger partial charge in [0.15, 0.2) is 0 Å². The van der Waals surface area contributed by atoms with Crippen LogP contribution < -0.4 is 14.8 Å². The van der Waals surface area contributed by atoms with Crippen molar-refractivity contribution >= 4 is 12.0 Å². The molecule has 1 saturated heterocycles. The van der Waals surface area contributed by atoms with E-state index in [4.69, 9.17) is 14.2 Å². The third-order valence-corrected chi connectivity index (χ3v) is 4.77. The molecule has 6 nitrogen and oxygen atoms in total. The smallest absolute Gasteiger partial charge is 0.244 e. The Labute approximate surface area is 162 Å². The number of ether oxygens (including phenoxy) is 3. The number of morpholine rings is 1. The topological polar surface area (TPSA) is 60.0 Å². The van der Waals surface area contributed by atoms with E-state index in [-0.39, 0.29) is 23.7 Å². The number of hydrogen-bond donors (Lipinski definition) is 1. The highest BCUT2D eigenvalue weighted by molar-refractivity contribution is 5.91. The fourth-order valence-corrected chi connectivity index (χ4v) is 3.24. The molecule has 1 amide bonds. The molecule has 2 rings (SSSR count). The normalized spacial score (nSPS) is 21.3. The molecule has 1 N–H and O–H groups in total. The van der Waals surface area contributed by atoms with E-state index >= 15 is 0 Å². The maximum absolute atomic E-state index is 12.3. The summed E-state index contributed by atoms with van der Waals surface area (Å²) in [6.45, 7) is 10.8. The molecule has 1 aliphatic rings. The number of benzene rings is 1. The SMILES string of the molecule is COc1cc(C=CC(=O)NCC(C)(C)N2CC(C)OC(C)C2)cc(OC)c1. The Hall–Kier alpha value is -2.05. The van der Waals surface area contributed by atoms with Crippen molar-refractivity contribution in [2.75, 3.05) is 33.9 Å². The average Bonchev–Trinajstić information content (AvgIpc) is 2.63. The molecule has 1 aromatic carbocycles. The quantitative estimate of drug-likeness (QED) is 0.742. The largest absolute Gasteiger partial charge is 0.497 e. The van der Waals surface area contributed by atoms with Gasteiger partial charge in [-0.15, -0.1) is 0 Å². The second-order valence-electron chi connectivity index (χ2n) is 7.67. The van der Waals surface area contributed by atoms with Gasteiger partial charge >= 0.3 is 0 Å². The number of carbonyl (C=O) groups is 1.